The van der Waals surface area contributed by atoms with Crippen molar-refractivity contribution in [1.29, 1.82) is 0 Å². The normalized spacial score (nSPS) is 15.8. The van der Waals surface area contributed by atoms with Crippen LogP contribution in [0.2, 0.25) is 5.02 Å². The van der Waals surface area contributed by atoms with Gasteiger partial charge < -0.3 is 9.40 Å². The third-order valence-corrected chi connectivity index (χ3v) is 7.39. The molecular weight excluding hydrogens is 414 g/mol. The Labute approximate surface area is 170 Å². The summed E-state index contributed by atoms with van der Waals surface area (Å²) >= 11 is 6.24. The minimum Gasteiger partial charge on any atom is -0.408 e. The molecule has 0 bridgehead atoms. The van der Waals surface area contributed by atoms with Gasteiger partial charge in [0.15, 0.2) is 5.58 Å². The van der Waals surface area contributed by atoms with E-state index in [-0.39, 0.29) is 17.0 Å². The summed E-state index contributed by atoms with van der Waals surface area (Å²) in [5.41, 5.74) is 3.68. The second-order valence-corrected chi connectivity index (χ2v) is 9.22. The average molecular weight is 430 g/mol. The van der Waals surface area contributed by atoms with E-state index in [9.17, 15) is 13.2 Å². The summed E-state index contributed by atoms with van der Waals surface area (Å²) in [4.78, 5) is 17.1. The number of halogens is 1. The summed E-state index contributed by atoms with van der Waals surface area (Å²) in [5, 5.41) is 1.68. The van der Waals surface area contributed by atoms with Gasteiger partial charge in [-0.2, -0.15) is 4.31 Å². The summed E-state index contributed by atoms with van der Waals surface area (Å²) < 4.78 is 32.5. The molecule has 2 aromatic heterocycles. The predicted molar refractivity (Wildman–Crippen MR) is 111 cm³/mol. The van der Waals surface area contributed by atoms with Crippen molar-refractivity contribution in [3.63, 3.8) is 0 Å². The van der Waals surface area contributed by atoms with Crippen molar-refractivity contribution < 1.29 is 12.8 Å². The molecule has 0 unspecified atom stereocenters. The first kappa shape index (κ1) is 18.2. The van der Waals surface area contributed by atoms with Crippen molar-refractivity contribution >= 4 is 49.2 Å². The Kier molecular flexibility index (Phi) is 4.16. The van der Waals surface area contributed by atoms with Crippen LogP contribution in [-0.4, -0.2) is 35.8 Å². The number of sulfonamides is 1. The first-order valence-electron chi connectivity index (χ1n) is 9.01. The fourth-order valence-electron chi connectivity index (χ4n) is 3.73. The molecule has 2 N–H and O–H groups in total. The van der Waals surface area contributed by atoms with E-state index in [0.717, 1.165) is 22.0 Å². The molecule has 0 spiro atoms. The highest BCUT2D eigenvalue weighted by Crippen LogP contribution is 2.33. The van der Waals surface area contributed by atoms with E-state index in [1.165, 1.54) is 22.5 Å². The van der Waals surface area contributed by atoms with Gasteiger partial charge in [-0.25, -0.2) is 13.2 Å². The smallest absolute Gasteiger partial charge is 0.408 e. The minimum atomic E-state index is -3.70. The molecule has 0 amide bonds. The van der Waals surface area contributed by atoms with Crippen LogP contribution < -0.4 is 5.76 Å². The molecule has 1 aliphatic heterocycles. The molecule has 1 aliphatic rings. The number of nitrogens with one attached hydrogen (secondary N) is 2. The maximum atomic E-state index is 13.0. The molecule has 9 heteroatoms. The SMILES string of the molecule is O=c1[nH]c2ccc(S(=O)(=O)N3CC=C(c4c[nH]c5c(Cl)cccc45)CC3)cc2o1. The lowest BCUT2D eigenvalue weighted by Gasteiger charge is -2.25. The number of hydrogen-bond acceptors (Lipinski definition) is 4. The van der Waals surface area contributed by atoms with Crippen LogP contribution in [0.15, 0.2) is 62.8 Å². The lowest BCUT2D eigenvalue weighted by Crippen LogP contribution is -2.34. The third-order valence-electron chi connectivity index (χ3n) is 5.21. The summed E-state index contributed by atoms with van der Waals surface area (Å²) in [6.45, 7) is 0.622. The van der Waals surface area contributed by atoms with Crippen molar-refractivity contribution in [2.24, 2.45) is 0 Å². The van der Waals surface area contributed by atoms with Gasteiger partial charge in [-0.15, -0.1) is 0 Å². The fraction of sp³-hybridized carbons (Fsp3) is 0.150. The molecule has 0 atom stereocenters. The van der Waals surface area contributed by atoms with Gasteiger partial charge in [0.2, 0.25) is 10.0 Å². The highest BCUT2D eigenvalue weighted by atomic mass is 35.5. The van der Waals surface area contributed by atoms with Gasteiger partial charge in [-0.05, 0) is 30.2 Å². The zero-order valence-electron chi connectivity index (χ0n) is 15.1. The van der Waals surface area contributed by atoms with Gasteiger partial charge in [0.05, 0.1) is 21.0 Å². The molecule has 0 saturated carbocycles. The van der Waals surface area contributed by atoms with Crippen molar-refractivity contribution in [2.45, 2.75) is 11.3 Å². The van der Waals surface area contributed by atoms with Crippen molar-refractivity contribution in [2.75, 3.05) is 13.1 Å². The predicted octanol–water partition coefficient (Wildman–Crippen LogP) is 3.73. The Morgan fingerprint density at radius 1 is 1.17 bits per heavy atom. The van der Waals surface area contributed by atoms with Gasteiger partial charge in [0.1, 0.15) is 0 Å². The zero-order chi connectivity index (χ0) is 20.2. The number of para-hydroxylation sites is 1. The highest BCUT2D eigenvalue weighted by Gasteiger charge is 2.27. The molecule has 0 radical (unpaired) electrons. The van der Waals surface area contributed by atoms with E-state index in [1.54, 1.807) is 0 Å². The Hall–Kier alpha value is -2.81. The summed E-state index contributed by atoms with van der Waals surface area (Å²) in [6.07, 6.45) is 4.42. The lowest BCUT2D eigenvalue weighted by molar-refractivity contribution is 0.441. The number of benzene rings is 2. The van der Waals surface area contributed by atoms with Crippen molar-refractivity contribution in [1.82, 2.24) is 14.3 Å². The molecular formula is C20H16ClN3O4S. The molecule has 4 aromatic rings. The van der Waals surface area contributed by atoms with Crippen LogP contribution in [0.3, 0.4) is 0 Å². The molecule has 5 rings (SSSR count). The van der Waals surface area contributed by atoms with Crippen LogP contribution >= 0.6 is 11.6 Å². The minimum absolute atomic E-state index is 0.100. The van der Waals surface area contributed by atoms with Gasteiger partial charge in [-0.3, -0.25) is 4.98 Å². The van der Waals surface area contributed by atoms with Gasteiger partial charge in [0.25, 0.3) is 0 Å². The van der Waals surface area contributed by atoms with E-state index in [2.05, 4.69) is 9.97 Å². The maximum Gasteiger partial charge on any atom is 0.417 e. The number of fused-ring (bicyclic) bond motifs is 2. The number of nitrogens with zero attached hydrogens (tertiary/aromatic N) is 1. The molecule has 0 fully saturated rings. The first-order valence-corrected chi connectivity index (χ1v) is 10.8. The van der Waals surface area contributed by atoms with E-state index < -0.39 is 15.8 Å². The summed E-state index contributed by atoms with van der Waals surface area (Å²) in [6, 6.07) is 10.1. The third kappa shape index (κ3) is 3.00. The number of hydrogen-bond donors (Lipinski definition) is 2. The van der Waals surface area contributed by atoms with E-state index >= 15 is 0 Å². The molecule has 0 saturated heterocycles. The Balaban J connectivity index is 1.45. The van der Waals surface area contributed by atoms with Crippen molar-refractivity contribution in [3.8, 4) is 0 Å². The topological polar surface area (TPSA) is 99.2 Å². The Bertz CT molecular complexity index is 1450. The average Bonchev–Trinajstić information content (AvgIpc) is 3.31. The molecule has 7 nitrogen and oxygen atoms in total. The van der Waals surface area contributed by atoms with Gasteiger partial charge >= 0.3 is 5.76 Å². The van der Waals surface area contributed by atoms with Crippen LogP contribution in [0.4, 0.5) is 0 Å². The zero-order valence-corrected chi connectivity index (χ0v) is 16.7. The Morgan fingerprint density at radius 3 is 2.83 bits per heavy atom. The molecule has 0 aliphatic carbocycles. The second kappa shape index (κ2) is 6.62. The van der Waals surface area contributed by atoms with Crippen LogP contribution in [0.25, 0.3) is 27.6 Å². The number of aromatic amines is 2. The standard InChI is InChI=1S/C20H16ClN3O4S/c21-16-3-1-2-14-15(11-22-19(14)16)12-6-8-24(9-7-12)29(26,27)13-4-5-17-18(10-13)28-20(25)23-17/h1-6,10-11,22H,7-9H2,(H,23,25). The molecule has 29 heavy (non-hydrogen) atoms. The quantitative estimate of drug-likeness (QED) is 0.518. The summed E-state index contributed by atoms with van der Waals surface area (Å²) in [5.74, 6) is -0.612. The number of oxazole rings is 1. The fourth-order valence-corrected chi connectivity index (χ4v) is 5.36. The monoisotopic (exact) mass is 429 g/mol. The Morgan fingerprint density at radius 2 is 2.03 bits per heavy atom. The lowest BCUT2D eigenvalue weighted by atomic mass is 10.00. The van der Waals surface area contributed by atoms with E-state index in [0.29, 0.717) is 23.5 Å². The van der Waals surface area contributed by atoms with Crippen LogP contribution in [0, 0.1) is 0 Å². The first-order chi connectivity index (χ1) is 13.9. The molecule has 3 heterocycles. The van der Waals surface area contributed by atoms with Gasteiger partial charge in [0, 0.05) is 36.3 Å². The molecule has 148 valence electrons. The largest absolute Gasteiger partial charge is 0.417 e. The van der Waals surface area contributed by atoms with E-state index in [1.807, 2.05) is 30.5 Å². The number of H-pyrrole nitrogens is 2. The highest BCUT2D eigenvalue weighted by molar-refractivity contribution is 7.89. The van der Waals surface area contributed by atoms with Gasteiger partial charge in [-0.1, -0.05) is 29.8 Å². The number of rotatable bonds is 3. The van der Waals surface area contributed by atoms with Crippen LogP contribution in [0.5, 0.6) is 0 Å². The van der Waals surface area contributed by atoms with E-state index in [4.69, 9.17) is 16.0 Å². The second-order valence-electron chi connectivity index (χ2n) is 6.88. The molecule has 2 aromatic carbocycles. The number of aromatic nitrogens is 2. The van der Waals surface area contributed by atoms with Crippen molar-refractivity contribution in [3.05, 3.63) is 69.8 Å². The van der Waals surface area contributed by atoms with Crippen LogP contribution in [0.1, 0.15) is 12.0 Å². The summed E-state index contributed by atoms with van der Waals surface area (Å²) in [7, 11) is -3.70. The van der Waals surface area contributed by atoms with Crippen LogP contribution in [-0.2, 0) is 10.0 Å². The maximum absolute atomic E-state index is 13.0.